The Morgan fingerprint density at radius 3 is 2.16 bits per heavy atom. The molecule has 0 N–H and O–H groups in total. The molecule has 3 rings (SSSR count). The molecule has 0 amide bonds. The first-order chi connectivity index (χ1) is 12.3. The van der Waals surface area contributed by atoms with E-state index in [4.69, 9.17) is 16.4 Å². The number of rotatable bonds is 4. The van der Waals surface area contributed by atoms with Gasteiger partial charge >= 0.3 is 0 Å². The van der Waals surface area contributed by atoms with Crippen molar-refractivity contribution in [3.05, 3.63) is 90.7 Å². The summed E-state index contributed by atoms with van der Waals surface area (Å²) in [4.78, 5) is 9.52. The molecule has 0 saturated carbocycles. The highest BCUT2D eigenvalue weighted by atomic mass is 14.9. The molecule has 0 spiro atoms. The topological polar surface area (TPSA) is 25.8 Å². The number of hydrogen-bond donors (Lipinski definition) is 0. The molecule has 25 heavy (non-hydrogen) atoms. The van der Waals surface area contributed by atoms with Crippen LogP contribution in [0.5, 0.6) is 0 Å². The Kier molecular flexibility index (Phi) is 5.19. The average molecular weight is 322 g/mol. The Hall–Kier alpha value is -3.44. The smallest absolute Gasteiger partial charge is 0.160 e. The van der Waals surface area contributed by atoms with E-state index >= 15 is 0 Å². The summed E-state index contributed by atoms with van der Waals surface area (Å²) in [6.07, 6.45) is 10.9. The second-order valence-electron chi connectivity index (χ2n) is 5.44. The lowest BCUT2D eigenvalue weighted by molar-refractivity contribution is 1.16. The fraction of sp³-hybridized carbons (Fsp3) is 0.0435. The Morgan fingerprint density at radius 1 is 0.920 bits per heavy atom. The van der Waals surface area contributed by atoms with Crippen molar-refractivity contribution in [2.75, 3.05) is 0 Å². The summed E-state index contributed by atoms with van der Waals surface area (Å²) in [5.41, 5.74) is 4.74. The lowest BCUT2D eigenvalue weighted by Crippen LogP contribution is -1.97. The predicted molar refractivity (Wildman–Crippen MR) is 105 cm³/mol. The molecule has 0 aliphatic heterocycles. The van der Waals surface area contributed by atoms with Gasteiger partial charge < -0.3 is 0 Å². The summed E-state index contributed by atoms with van der Waals surface area (Å²) in [6.45, 7) is 1.97. The quantitative estimate of drug-likeness (QED) is 0.474. The molecule has 1 aromatic heterocycles. The lowest BCUT2D eigenvalue weighted by atomic mass is 10.1. The molecule has 0 saturated heterocycles. The van der Waals surface area contributed by atoms with Crippen LogP contribution in [0, 0.1) is 12.3 Å². The van der Waals surface area contributed by atoms with Crippen molar-refractivity contribution >= 4 is 5.57 Å². The van der Waals surface area contributed by atoms with E-state index in [0.29, 0.717) is 5.82 Å². The third kappa shape index (κ3) is 3.91. The van der Waals surface area contributed by atoms with Gasteiger partial charge in [-0.25, -0.2) is 9.97 Å². The van der Waals surface area contributed by atoms with Crippen LogP contribution in [0.15, 0.2) is 85.0 Å². The monoisotopic (exact) mass is 322 g/mol. The van der Waals surface area contributed by atoms with Crippen LogP contribution in [0.4, 0.5) is 0 Å². The first kappa shape index (κ1) is 16.4. The van der Waals surface area contributed by atoms with E-state index in [0.717, 1.165) is 28.1 Å². The van der Waals surface area contributed by atoms with Crippen molar-refractivity contribution in [2.24, 2.45) is 0 Å². The zero-order valence-electron chi connectivity index (χ0n) is 14.1. The van der Waals surface area contributed by atoms with Crippen molar-refractivity contribution in [1.82, 2.24) is 9.97 Å². The average Bonchev–Trinajstić information content (AvgIpc) is 2.70. The Balaban J connectivity index is 2.19. The van der Waals surface area contributed by atoms with Gasteiger partial charge in [-0.1, -0.05) is 72.7 Å². The van der Waals surface area contributed by atoms with Crippen LogP contribution in [-0.2, 0) is 0 Å². The van der Waals surface area contributed by atoms with Crippen molar-refractivity contribution in [2.45, 2.75) is 6.92 Å². The summed E-state index contributed by atoms with van der Waals surface area (Å²) >= 11 is 0. The van der Waals surface area contributed by atoms with Crippen LogP contribution >= 0.6 is 0 Å². The number of terminal acetylenes is 1. The Labute approximate surface area is 148 Å². The molecule has 0 unspecified atom stereocenters. The SMILES string of the molecule is C#C/C=C\C(=C/C)c1cc(-c2ccccc2)nc(-c2ccccc2)n1. The largest absolute Gasteiger partial charge is 0.228 e. The fourth-order valence-corrected chi connectivity index (χ4v) is 2.54. The van der Waals surface area contributed by atoms with Crippen LogP contribution in [0.25, 0.3) is 28.2 Å². The molecule has 2 heteroatoms. The van der Waals surface area contributed by atoms with Gasteiger partial charge in [0.2, 0.25) is 0 Å². The molecular formula is C23H18N2. The molecule has 0 fully saturated rings. The Bertz CT molecular complexity index is 889. The summed E-state index contributed by atoms with van der Waals surface area (Å²) in [7, 11) is 0. The zero-order valence-corrected chi connectivity index (χ0v) is 14.1. The van der Waals surface area contributed by atoms with E-state index in [9.17, 15) is 0 Å². The maximum absolute atomic E-state index is 5.35. The number of benzene rings is 2. The highest BCUT2D eigenvalue weighted by Crippen LogP contribution is 2.25. The second-order valence-corrected chi connectivity index (χ2v) is 5.44. The standard InChI is InChI=1S/C23H18N2/c1-3-5-12-18(4-2)21-17-22(19-13-8-6-9-14-19)25-23(24-21)20-15-10-7-11-16-20/h1,4-17H,2H3/b12-5-,18-4+. The minimum Gasteiger partial charge on any atom is -0.228 e. The summed E-state index contributed by atoms with van der Waals surface area (Å²) < 4.78 is 0. The van der Waals surface area contributed by atoms with E-state index in [2.05, 4.69) is 5.92 Å². The van der Waals surface area contributed by atoms with Crippen molar-refractivity contribution in [3.63, 3.8) is 0 Å². The van der Waals surface area contributed by atoms with Gasteiger partial charge in [0.1, 0.15) is 0 Å². The number of aromatic nitrogens is 2. The van der Waals surface area contributed by atoms with Gasteiger partial charge in [-0.05, 0) is 30.7 Å². The number of allylic oxidation sites excluding steroid dienone is 4. The summed E-state index contributed by atoms with van der Waals surface area (Å²) in [5, 5.41) is 0. The van der Waals surface area contributed by atoms with E-state index in [1.165, 1.54) is 0 Å². The van der Waals surface area contributed by atoms with Crippen LogP contribution in [0.3, 0.4) is 0 Å². The maximum atomic E-state index is 5.35. The molecule has 0 bridgehead atoms. The van der Waals surface area contributed by atoms with Gasteiger partial charge in [0.05, 0.1) is 11.4 Å². The van der Waals surface area contributed by atoms with Crippen LogP contribution < -0.4 is 0 Å². The van der Waals surface area contributed by atoms with Crippen LogP contribution in [0.2, 0.25) is 0 Å². The lowest BCUT2D eigenvalue weighted by Gasteiger charge is -2.09. The third-order valence-corrected chi connectivity index (χ3v) is 3.79. The summed E-state index contributed by atoms with van der Waals surface area (Å²) in [6, 6.07) is 22.1. The highest BCUT2D eigenvalue weighted by Gasteiger charge is 2.10. The molecule has 2 aromatic carbocycles. The van der Waals surface area contributed by atoms with Gasteiger partial charge in [0.15, 0.2) is 5.82 Å². The van der Waals surface area contributed by atoms with E-state index in [1.807, 2.05) is 85.8 Å². The maximum Gasteiger partial charge on any atom is 0.160 e. The van der Waals surface area contributed by atoms with E-state index < -0.39 is 0 Å². The number of nitrogens with zero attached hydrogens (tertiary/aromatic N) is 2. The van der Waals surface area contributed by atoms with Crippen LogP contribution in [0.1, 0.15) is 12.6 Å². The molecule has 1 heterocycles. The molecule has 0 radical (unpaired) electrons. The molecule has 0 atom stereocenters. The Morgan fingerprint density at radius 2 is 1.56 bits per heavy atom. The highest BCUT2D eigenvalue weighted by molar-refractivity contribution is 5.76. The van der Waals surface area contributed by atoms with Crippen molar-refractivity contribution in [1.29, 1.82) is 0 Å². The third-order valence-electron chi connectivity index (χ3n) is 3.79. The molecular weight excluding hydrogens is 304 g/mol. The van der Waals surface area contributed by atoms with Gasteiger partial charge in [-0.2, -0.15) is 0 Å². The predicted octanol–water partition coefficient (Wildman–Crippen LogP) is 5.40. The second kappa shape index (κ2) is 7.90. The van der Waals surface area contributed by atoms with Gasteiger partial charge in [-0.15, -0.1) is 6.42 Å². The van der Waals surface area contributed by atoms with Crippen molar-refractivity contribution < 1.29 is 0 Å². The van der Waals surface area contributed by atoms with Gasteiger partial charge in [-0.3, -0.25) is 0 Å². The van der Waals surface area contributed by atoms with E-state index in [-0.39, 0.29) is 0 Å². The first-order valence-electron chi connectivity index (χ1n) is 8.11. The van der Waals surface area contributed by atoms with Gasteiger partial charge in [0, 0.05) is 11.1 Å². The molecule has 120 valence electrons. The van der Waals surface area contributed by atoms with Crippen molar-refractivity contribution in [3.8, 4) is 35.0 Å². The number of hydrogen-bond acceptors (Lipinski definition) is 2. The normalized spacial score (nSPS) is 11.4. The minimum atomic E-state index is 0.699. The molecule has 2 nitrogen and oxygen atoms in total. The zero-order chi connectivity index (χ0) is 17.5. The molecule has 3 aromatic rings. The summed E-state index contributed by atoms with van der Waals surface area (Å²) in [5.74, 6) is 3.23. The fourth-order valence-electron chi connectivity index (χ4n) is 2.54. The molecule has 0 aliphatic carbocycles. The van der Waals surface area contributed by atoms with Gasteiger partial charge in [0.25, 0.3) is 0 Å². The minimum absolute atomic E-state index is 0.699. The van der Waals surface area contributed by atoms with Crippen LogP contribution in [-0.4, -0.2) is 9.97 Å². The first-order valence-corrected chi connectivity index (χ1v) is 8.11. The van der Waals surface area contributed by atoms with E-state index in [1.54, 1.807) is 6.08 Å². The molecule has 0 aliphatic rings.